The van der Waals surface area contributed by atoms with Gasteiger partial charge in [-0.15, -0.1) is 0 Å². The molecule has 17 N–H and O–H groups in total. The Morgan fingerprint density at radius 2 is 1.21 bits per heavy atom. The monoisotopic (exact) mass is 890 g/mol. The van der Waals surface area contributed by atoms with Crippen molar-refractivity contribution in [3.63, 3.8) is 0 Å². The summed E-state index contributed by atoms with van der Waals surface area (Å²) in [7, 11) is 0. The summed E-state index contributed by atoms with van der Waals surface area (Å²) >= 11 is 0. The van der Waals surface area contributed by atoms with Crippen LogP contribution in [-0.2, 0) is 59.2 Å². The van der Waals surface area contributed by atoms with Crippen LogP contribution in [0.5, 0.6) is 5.75 Å². The van der Waals surface area contributed by atoms with E-state index >= 15 is 0 Å². The molecule has 0 saturated heterocycles. The van der Waals surface area contributed by atoms with E-state index in [1.54, 1.807) is 39.8 Å². The quantitative estimate of drug-likeness (QED) is 0.0335. The van der Waals surface area contributed by atoms with Gasteiger partial charge in [0.05, 0.1) is 19.0 Å². The maximum absolute atomic E-state index is 13.7. The number of amides is 11. The van der Waals surface area contributed by atoms with Crippen LogP contribution in [-0.4, -0.2) is 126 Å². The van der Waals surface area contributed by atoms with Crippen LogP contribution >= 0.6 is 0 Å². The molecule has 0 aliphatic rings. The van der Waals surface area contributed by atoms with Crippen molar-refractivity contribution < 1.29 is 57.8 Å². The topological polar surface area (TPSA) is 408 Å². The number of carbonyl (C=O) groups excluding carboxylic acids is 11. The smallest absolute Gasteiger partial charge is 0.245 e. The van der Waals surface area contributed by atoms with Gasteiger partial charge in [-0.2, -0.15) is 0 Å². The van der Waals surface area contributed by atoms with E-state index in [0.717, 1.165) is 0 Å². The minimum atomic E-state index is -1.81. The molecule has 63 heavy (non-hydrogen) atoms. The zero-order chi connectivity index (χ0) is 48.0. The molecular weight excluding hydrogens is 829 g/mol. The van der Waals surface area contributed by atoms with E-state index in [9.17, 15) is 57.8 Å². The minimum absolute atomic E-state index is 0.0102. The Bertz CT molecular complexity index is 1790. The van der Waals surface area contributed by atoms with Gasteiger partial charge in [0, 0.05) is 13.0 Å². The van der Waals surface area contributed by atoms with Crippen molar-refractivity contribution in [3.05, 3.63) is 29.8 Å². The summed E-state index contributed by atoms with van der Waals surface area (Å²) < 4.78 is 0. The van der Waals surface area contributed by atoms with E-state index in [-0.39, 0.29) is 30.9 Å². The number of phenols is 1. The zero-order valence-electron chi connectivity index (χ0n) is 36.0. The van der Waals surface area contributed by atoms with Crippen molar-refractivity contribution in [2.75, 3.05) is 13.1 Å². The highest BCUT2D eigenvalue weighted by Gasteiger charge is 2.35. The Kier molecular flexibility index (Phi) is 23.4. The molecule has 0 heterocycles. The van der Waals surface area contributed by atoms with Gasteiger partial charge < -0.3 is 70.6 Å². The average molecular weight is 891 g/mol. The molecule has 8 atom stereocenters. The molecule has 11 amide bonds. The van der Waals surface area contributed by atoms with Crippen LogP contribution in [0.4, 0.5) is 0 Å². The fraction of sp³-hybridized carbons (Fsp3) is 0.564. The number of hydrogen-bond donors (Lipinski definition) is 13. The Labute approximate surface area is 364 Å². The number of hydrogen-bond acceptors (Lipinski definition) is 13. The summed E-state index contributed by atoms with van der Waals surface area (Å²) in [5.74, 6) is -9.82. The van der Waals surface area contributed by atoms with Gasteiger partial charge in [0.25, 0.3) is 0 Å². The molecule has 0 saturated carbocycles. The number of nitrogens with one attached hydrogen (secondary N) is 8. The molecule has 1 rings (SSSR count). The molecule has 0 unspecified atom stereocenters. The number of primary amides is 3. The Morgan fingerprint density at radius 3 is 1.75 bits per heavy atom. The van der Waals surface area contributed by atoms with Crippen molar-refractivity contribution in [2.45, 2.75) is 115 Å². The van der Waals surface area contributed by atoms with Crippen LogP contribution in [0.2, 0.25) is 0 Å². The number of rotatable bonds is 29. The molecule has 24 heteroatoms. The fourth-order valence-corrected chi connectivity index (χ4v) is 5.76. The van der Waals surface area contributed by atoms with Crippen LogP contribution in [0.3, 0.4) is 0 Å². The normalized spacial score (nSPS) is 14.7. The molecule has 0 bridgehead atoms. The van der Waals surface area contributed by atoms with E-state index in [2.05, 4.69) is 42.5 Å². The van der Waals surface area contributed by atoms with E-state index in [1.807, 2.05) is 0 Å². The molecule has 350 valence electrons. The Balaban J connectivity index is 3.26. The lowest BCUT2D eigenvalue weighted by atomic mass is 9.96. The van der Waals surface area contributed by atoms with Crippen LogP contribution in [0.15, 0.2) is 24.3 Å². The molecular formula is C39H62N12O12. The van der Waals surface area contributed by atoms with Gasteiger partial charge in [0.15, 0.2) is 0 Å². The van der Waals surface area contributed by atoms with E-state index in [0.29, 0.717) is 12.0 Å². The number of benzene rings is 1. The second kappa shape index (κ2) is 27.2. The number of phenolic OH excluding ortho intramolecular Hbond substituents is 1. The zero-order valence-corrected chi connectivity index (χ0v) is 36.0. The van der Waals surface area contributed by atoms with Crippen LogP contribution < -0.4 is 65.5 Å². The molecule has 0 aromatic heterocycles. The lowest BCUT2D eigenvalue weighted by Crippen LogP contribution is -2.61. The minimum Gasteiger partial charge on any atom is -0.508 e. The standard InChI is InChI=1S/C39H62N12O12/c1-6-20(4)32(51-34(58)24(40)14-22-7-9-23(53)10-8-22)39(63)47-25(11-12-29(41)54)36(60)49-27(15-30(42)55)37(61)50-28(16-44-18-52)38(62)46-21(5)33(57)48-26(13-19(2)3)35(59)45-17-31(43)56/h7-10,18-21,24-28,32,53H,6,11-17,40H2,1-5H3,(H2,41,54)(H2,42,55)(H2,43,56)(H,44,52)(H,45,59)(H,46,62)(H,47,63)(H,48,57)(H,49,60)(H,50,61)(H,51,58)/t20-,21-,24-,25-,26-,27-,28-,32-/m0/s1. The lowest BCUT2D eigenvalue weighted by molar-refractivity contribution is -0.136. The average Bonchev–Trinajstić information content (AvgIpc) is 3.20. The molecule has 1 aromatic rings. The molecule has 0 aliphatic carbocycles. The van der Waals surface area contributed by atoms with Crippen molar-refractivity contribution in [3.8, 4) is 5.75 Å². The number of carbonyl (C=O) groups is 11. The molecule has 0 aliphatic heterocycles. The third-order valence-electron chi connectivity index (χ3n) is 9.44. The predicted octanol–water partition coefficient (Wildman–Crippen LogP) is -5.23. The molecule has 24 nitrogen and oxygen atoms in total. The summed E-state index contributed by atoms with van der Waals surface area (Å²) in [6.07, 6.45) is -0.917. The summed E-state index contributed by atoms with van der Waals surface area (Å²) in [4.78, 5) is 139. The van der Waals surface area contributed by atoms with Gasteiger partial charge in [0.1, 0.15) is 42.0 Å². The summed E-state index contributed by atoms with van der Waals surface area (Å²) in [6, 6.07) is -3.91. The van der Waals surface area contributed by atoms with Gasteiger partial charge in [-0.05, 0) is 55.7 Å². The molecule has 1 aromatic carbocycles. The summed E-state index contributed by atoms with van der Waals surface area (Å²) in [6.45, 7) is 7.15. The summed E-state index contributed by atoms with van der Waals surface area (Å²) in [5, 5.41) is 28.5. The Morgan fingerprint density at radius 1 is 0.651 bits per heavy atom. The molecule has 0 fully saturated rings. The first-order chi connectivity index (χ1) is 29.5. The highest BCUT2D eigenvalue weighted by atomic mass is 16.3. The first-order valence-corrected chi connectivity index (χ1v) is 20.1. The molecule has 0 radical (unpaired) electrons. The van der Waals surface area contributed by atoms with Crippen molar-refractivity contribution in [2.24, 2.45) is 34.8 Å². The van der Waals surface area contributed by atoms with Gasteiger partial charge in [-0.3, -0.25) is 52.7 Å². The SMILES string of the molecule is CC[C@H](C)[C@H](NC(=O)[C@@H](N)Cc1ccc(O)cc1)C(=O)N[C@@H](CCC(N)=O)C(=O)N[C@@H](CC(N)=O)C(=O)N[C@@H](CNC=O)C(=O)N[C@@H](C)C(=O)N[C@@H](CC(C)C)C(=O)NCC(N)=O. The highest BCUT2D eigenvalue weighted by molar-refractivity contribution is 5.99. The number of aromatic hydroxyl groups is 1. The second-order valence-electron chi connectivity index (χ2n) is 15.3. The highest BCUT2D eigenvalue weighted by Crippen LogP contribution is 2.13. The van der Waals surface area contributed by atoms with Crippen molar-refractivity contribution in [1.82, 2.24) is 42.5 Å². The first-order valence-electron chi connectivity index (χ1n) is 20.1. The third-order valence-corrected chi connectivity index (χ3v) is 9.44. The van der Waals surface area contributed by atoms with Gasteiger partial charge in [-0.25, -0.2) is 0 Å². The summed E-state index contributed by atoms with van der Waals surface area (Å²) in [5.41, 5.74) is 22.5. The van der Waals surface area contributed by atoms with E-state index in [1.165, 1.54) is 19.1 Å². The molecule has 0 spiro atoms. The Hall–Kier alpha value is -6.85. The van der Waals surface area contributed by atoms with E-state index in [4.69, 9.17) is 22.9 Å². The van der Waals surface area contributed by atoms with Crippen molar-refractivity contribution >= 4 is 65.5 Å². The first kappa shape index (κ1) is 54.2. The maximum Gasteiger partial charge on any atom is 0.245 e. The largest absolute Gasteiger partial charge is 0.508 e. The lowest BCUT2D eigenvalue weighted by Gasteiger charge is -2.28. The third kappa shape index (κ3) is 20.5. The predicted molar refractivity (Wildman–Crippen MR) is 224 cm³/mol. The van der Waals surface area contributed by atoms with Crippen molar-refractivity contribution in [1.29, 1.82) is 0 Å². The van der Waals surface area contributed by atoms with Gasteiger partial charge >= 0.3 is 0 Å². The number of nitrogens with two attached hydrogens (primary N) is 4. The van der Waals surface area contributed by atoms with E-state index < -0.39 is 140 Å². The van der Waals surface area contributed by atoms with Crippen LogP contribution in [0, 0.1) is 11.8 Å². The van der Waals surface area contributed by atoms with Crippen LogP contribution in [0.1, 0.15) is 72.3 Å². The second-order valence-corrected chi connectivity index (χ2v) is 15.3. The fourth-order valence-electron chi connectivity index (χ4n) is 5.76. The maximum atomic E-state index is 13.7. The van der Waals surface area contributed by atoms with Crippen LogP contribution in [0.25, 0.3) is 0 Å². The van der Waals surface area contributed by atoms with Gasteiger partial charge in [0.2, 0.25) is 65.5 Å². The van der Waals surface area contributed by atoms with Gasteiger partial charge in [-0.1, -0.05) is 46.2 Å².